The molecule has 0 unspecified atom stereocenters. The molecule has 0 aliphatic rings. The summed E-state index contributed by atoms with van der Waals surface area (Å²) in [6.07, 6.45) is 0. The first-order chi connectivity index (χ1) is 8.69. The average Bonchev–Trinajstić information content (AvgIpc) is 2.41. The molecular formula is C14H16O2S2. The van der Waals surface area contributed by atoms with E-state index in [1.807, 2.05) is 48.5 Å². The summed E-state index contributed by atoms with van der Waals surface area (Å²) in [7, 11) is 3.27. The van der Waals surface area contributed by atoms with Crippen molar-refractivity contribution in [1.82, 2.24) is 0 Å². The van der Waals surface area contributed by atoms with E-state index >= 15 is 0 Å². The highest BCUT2D eigenvalue weighted by Gasteiger charge is 1.92. The first-order valence-electron chi connectivity index (χ1n) is 5.33. The number of methoxy groups -OCH3 is 2. The fraction of sp³-hybridized carbons (Fsp3) is 0.143. The monoisotopic (exact) mass is 280 g/mol. The van der Waals surface area contributed by atoms with E-state index in [-0.39, 0.29) is 0 Å². The van der Waals surface area contributed by atoms with Crippen molar-refractivity contribution in [1.29, 1.82) is 0 Å². The van der Waals surface area contributed by atoms with Gasteiger partial charge in [-0.3, -0.25) is 0 Å². The van der Waals surface area contributed by atoms with E-state index in [4.69, 9.17) is 9.47 Å². The molecule has 96 valence electrons. The lowest BCUT2D eigenvalue weighted by molar-refractivity contribution is 0.405. The number of para-hydroxylation sites is 2. The lowest BCUT2D eigenvalue weighted by Gasteiger charge is -1.99. The highest BCUT2D eigenvalue weighted by molar-refractivity contribution is 7.80. The molecule has 0 radical (unpaired) electrons. The summed E-state index contributed by atoms with van der Waals surface area (Å²) in [5, 5.41) is 0. The van der Waals surface area contributed by atoms with E-state index in [0.29, 0.717) is 0 Å². The van der Waals surface area contributed by atoms with Gasteiger partial charge in [-0.15, -0.1) is 25.3 Å². The molecule has 0 saturated carbocycles. The van der Waals surface area contributed by atoms with E-state index in [1.54, 1.807) is 14.2 Å². The molecule has 0 aliphatic heterocycles. The van der Waals surface area contributed by atoms with Crippen LogP contribution in [-0.2, 0) is 0 Å². The molecule has 0 amide bonds. The molecule has 0 atom stereocenters. The van der Waals surface area contributed by atoms with Crippen molar-refractivity contribution in [2.45, 2.75) is 9.79 Å². The zero-order chi connectivity index (χ0) is 13.4. The molecule has 0 aromatic heterocycles. The van der Waals surface area contributed by atoms with Crippen LogP contribution in [0.1, 0.15) is 0 Å². The SMILES string of the molecule is COc1ccccc1S.COc1ccccc1S. The maximum absolute atomic E-state index is 4.97. The van der Waals surface area contributed by atoms with Crippen molar-refractivity contribution in [2.75, 3.05) is 14.2 Å². The second-order valence-corrected chi connectivity index (χ2v) is 4.31. The highest BCUT2D eigenvalue weighted by Crippen LogP contribution is 2.20. The maximum atomic E-state index is 4.97. The standard InChI is InChI=1S/2C7H8OS/c2*1-8-6-4-2-3-5-7(6)9/h2*2-5,9H,1H3. The zero-order valence-electron chi connectivity index (χ0n) is 10.3. The van der Waals surface area contributed by atoms with Crippen molar-refractivity contribution in [3.8, 4) is 11.5 Å². The number of benzene rings is 2. The molecule has 0 bridgehead atoms. The molecule has 0 aliphatic carbocycles. The van der Waals surface area contributed by atoms with Gasteiger partial charge in [0.1, 0.15) is 11.5 Å². The second-order valence-electron chi connectivity index (χ2n) is 3.34. The van der Waals surface area contributed by atoms with Crippen LogP contribution in [0.2, 0.25) is 0 Å². The molecular weight excluding hydrogens is 264 g/mol. The third kappa shape index (κ3) is 4.55. The summed E-state index contributed by atoms with van der Waals surface area (Å²) >= 11 is 8.31. The van der Waals surface area contributed by atoms with Gasteiger partial charge in [0.05, 0.1) is 14.2 Å². The summed E-state index contributed by atoms with van der Waals surface area (Å²) in [4.78, 5) is 1.75. The number of thiol groups is 2. The van der Waals surface area contributed by atoms with E-state index in [1.165, 1.54) is 0 Å². The summed E-state index contributed by atoms with van der Waals surface area (Å²) in [5.74, 6) is 1.64. The van der Waals surface area contributed by atoms with Crippen molar-refractivity contribution < 1.29 is 9.47 Å². The van der Waals surface area contributed by atoms with Gasteiger partial charge in [-0.05, 0) is 24.3 Å². The van der Waals surface area contributed by atoms with Crippen LogP contribution in [0.15, 0.2) is 58.3 Å². The molecule has 18 heavy (non-hydrogen) atoms. The molecule has 2 rings (SSSR count). The Hall–Kier alpha value is -1.26. The zero-order valence-corrected chi connectivity index (χ0v) is 12.1. The number of hydrogen-bond donors (Lipinski definition) is 2. The predicted octanol–water partition coefficient (Wildman–Crippen LogP) is 3.97. The lowest BCUT2D eigenvalue weighted by Crippen LogP contribution is -1.81. The summed E-state index contributed by atoms with van der Waals surface area (Å²) in [5.41, 5.74) is 0. The van der Waals surface area contributed by atoms with Crippen LogP contribution in [0.25, 0.3) is 0 Å². The number of rotatable bonds is 2. The topological polar surface area (TPSA) is 18.5 Å². The molecule has 0 N–H and O–H groups in total. The minimum absolute atomic E-state index is 0.820. The van der Waals surface area contributed by atoms with Crippen LogP contribution in [0.4, 0.5) is 0 Å². The Morgan fingerprint density at radius 1 is 0.667 bits per heavy atom. The van der Waals surface area contributed by atoms with Gasteiger partial charge >= 0.3 is 0 Å². The van der Waals surface area contributed by atoms with Crippen molar-refractivity contribution in [3.05, 3.63) is 48.5 Å². The van der Waals surface area contributed by atoms with Gasteiger partial charge in [-0.25, -0.2) is 0 Å². The molecule has 2 aromatic carbocycles. The Balaban J connectivity index is 0.000000180. The van der Waals surface area contributed by atoms with Crippen LogP contribution in [-0.4, -0.2) is 14.2 Å². The predicted molar refractivity (Wildman–Crippen MR) is 80.5 cm³/mol. The van der Waals surface area contributed by atoms with E-state index in [9.17, 15) is 0 Å². The first kappa shape index (κ1) is 14.8. The lowest BCUT2D eigenvalue weighted by atomic mass is 10.3. The third-order valence-electron chi connectivity index (χ3n) is 2.17. The molecule has 0 spiro atoms. The Labute approximate surface area is 119 Å². The van der Waals surface area contributed by atoms with Gasteiger partial charge < -0.3 is 9.47 Å². The Morgan fingerprint density at radius 3 is 1.22 bits per heavy atom. The summed E-state index contributed by atoms with van der Waals surface area (Å²) in [6.45, 7) is 0. The average molecular weight is 280 g/mol. The van der Waals surface area contributed by atoms with E-state index in [0.717, 1.165) is 21.3 Å². The second kappa shape index (κ2) is 7.95. The van der Waals surface area contributed by atoms with Gasteiger partial charge in [0.2, 0.25) is 0 Å². The molecule has 0 heterocycles. The Morgan fingerprint density at radius 2 is 1.00 bits per heavy atom. The largest absolute Gasteiger partial charge is 0.496 e. The minimum Gasteiger partial charge on any atom is -0.496 e. The van der Waals surface area contributed by atoms with Crippen LogP contribution in [0.5, 0.6) is 11.5 Å². The minimum atomic E-state index is 0.820. The highest BCUT2D eigenvalue weighted by atomic mass is 32.1. The molecule has 4 heteroatoms. The van der Waals surface area contributed by atoms with Crippen molar-refractivity contribution in [3.63, 3.8) is 0 Å². The van der Waals surface area contributed by atoms with Crippen LogP contribution in [0, 0.1) is 0 Å². The Bertz CT molecular complexity index is 441. The van der Waals surface area contributed by atoms with Gasteiger partial charge in [0.15, 0.2) is 0 Å². The normalized spacial score (nSPS) is 9.11. The van der Waals surface area contributed by atoms with Gasteiger partial charge in [0, 0.05) is 9.79 Å². The summed E-state index contributed by atoms with van der Waals surface area (Å²) in [6, 6.07) is 15.2. The molecule has 0 fully saturated rings. The van der Waals surface area contributed by atoms with Crippen LogP contribution >= 0.6 is 25.3 Å². The number of hydrogen-bond acceptors (Lipinski definition) is 4. The van der Waals surface area contributed by atoms with Crippen molar-refractivity contribution >= 4 is 25.3 Å². The van der Waals surface area contributed by atoms with Crippen molar-refractivity contribution in [2.24, 2.45) is 0 Å². The van der Waals surface area contributed by atoms with Gasteiger partial charge in [-0.2, -0.15) is 0 Å². The molecule has 0 saturated heterocycles. The van der Waals surface area contributed by atoms with Crippen LogP contribution < -0.4 is 9.47 Å². The first-order valence-corrected chi connectivity index (χ1v) is 6.22. The molecule has 2 aromatic rings. The van der Waals surface area contributed by atoms with Gasteiger partial charge in [-0.1, -0.05) is 24.3 Å². The van der Waals surface area contributed by atoms with Crippen LogP contribution in [0.3, 0.4) is 0 Å². The smallest absolute Gasteiger partial charge is 0.132 e. The quantitative estimate of drug-likeness (QED) is 0.811. The maximum Gasteiger partial charge on any atom is 0.132 e. The number of ether oxygens (including phenoxy) is 2. The van der Waals surface area contributed by atoms with E-state index in [2.05, 4.69) is 25.3 Å². The van der Waals surface area contributed by atoms with Gasteiger partial charge in [0.25, 0.3) is 0 Å². The fourth-order valence-electron chi connectivity index (χ4n) is 1.26. The third-order valence-corrected chi connectivity index (χ3v) is 2.91. The fourth-order valence-corrected chi connectivity index (χ4v) is 1.76. The summed E-state index contributed by atoms with van der Waals surface area (Å²) < 4.78 is 9.94. The van der Waals surface area contributed by atoms with E-state index < -0.39 is 0 Å². The molecule has 2 nitrogen and oxygen atoms in total. The Kier molecular flexibility index (Phi) is 6.54.